The number of urea groups is 1. The van der Waals surface area contributed by atoms with Crippen LogP contribution in [-0.4, -0.2) is 42.5 Å². The Kier molecular flexibility index (Phi) is 7.36. The van der Waals surface area contributed by atoms with Crippen LogP contribution >= 0.6 is 11.3 Å². The maximum absolute atomic E-state index is 12.4. The fraction of sp³-hybridized carbons (Fsp3) is 0.316. The number of hydrogen-bond donors (Lipinski definition) is 2. The number of ether oxygens (including phenoxy) is 1. The van der Waals surface area contributed by atoms with Crippen LogP contribution in [-0.2, 0) is 16.1 Å². The molecule has 2 N–H and O–H groups in total. The minimum atomic E-state index is -0.673. The second-order valence-electron chi connectivity index (χ2n) is 6.26. The molecule has 7 nitrogen and oxygen atoms in total. The number of carbonyl (C=O) groups excluding carboxylic acids is 3. The van der Waals surface area contributed by atoms with Crippen molar-refractivity contribution in [2.75, 3.05) is 19.0 Å². The van der Waals surface area contributed by atoms with E-state index in [1.54, 1.807) is 36.6 Å². The van der Waals surface area contributed by atoms with E-state index in [1.165, 1.54) is 11.0 Å². The van der Waals surface area contributed by atoms with Crippen molar-refractivity contribution in [2.24, 2.45) is 0 Å². The van der Waals surface area contributed by atoms with Crippen molar-refractivity contribution in [1.29, 1.82) is 0 Å². The fourth-order valence-electron chi connectivity index (χ4n) is 2.25. The van der Waals surface area contributed by atoms with Gasteiger partial charge >= 0.3 is 12.0 Å². The van der Waals surface area contributed by atoms with Crippen molar-refractivity contribution >= 4 is 34.9 Å². The second kappa shape index (κ2) is 9.72. The first-order chi connectivity index (χ1) is 12.9. The number of anilines is 1. The summed E-state index contributed by atoms with van der Waals surface area (Å²) in [5.41, 5.74) is 1.53. The minimum Gasteiger partial charge on any atom is -0.452 e. The molecular formula is C19H23N3O4S. The molecule has 1 heterocycles. The molecule has 0 saturated carbocycles. The SMILES string of the molecule is CC(C)NC(=O)Nc1ccccc1C(=O)OCC(=O)N(C)Cc1ccsc1. The standard InChI is InChI=1S/C19H23N3O4S/c1-13(2)20-19(25)21-16-7-5-4-6-15(16)18(24)26-11-17(23)22(3)10-14-8-9-27-12-14/h4-9,12-13H,10-11H2,1-3H3,(H2,20,21,25). The number of carbonyl (C=O) groups is 3. The molecule has 0 aliphatic heterocycles. The highest BCUT2D eigenvalue weighted by atomic mass is 32.1. The highest BCUT2D eigenvalue weighted by Gasteiger charge is 2.17. The first-order valence-corrected chi connectivity index (χ1v) is 9.39. The maximum Gasteiger partial charge on any atom is 0.340 e. The number of benzene rings is 1. The molecule has 0 aliphatic rings. The zero-order valence-electron chi connectivity index (χ0n) is 15.5. The molecule has 0 atom stereocenters. The van der Waals surface area contributed by atoms with Crippen molar-refractivity contribution in [3.05, 3.63) is 52.2 Å². The number of amides is 3. The maximum atomic E-state index is 12.4. The smallest absolute Gasteiger partial charge is 0.340 e. The Bertz CT molecular complexity index is 790. The van der Waals surface area contributed by atoms with Crippen molar-refractivity contribution < 1.29 is 19.1 Å². The average molecular weight is 389 g/mol. The Morgan fingerprint density at radius 2 is 1.93 bits per heavy atom. The first kappa shape index (κ1) is 20.4. The summed E-state index contributed by atoms with van der Waals surface area (Å²) in [5.74, 6) is -0.981. The Morgan fingerprint density at radius 1 is 1.19 bits per heavy atom. The number of nitrogens with one attached hydrogen (secondary N) is 2. The van der Waals surface area contributed by atoms with E-state index >= 15 is 0 Å². The number of rotatable bonds is 7. The summed E-state index contributed by atoms with van der Waals surface area (Å²) >= 11 is 1.56. The second-order valence-corrected chi connectivity index (χ2v) is 7.04. The average Bonchev–Trinajstić information content (AvgIpc) is 3.12. The Balaban J connectivity index is 1.93. The molecule has 3 amide bonds. The van der Waals surface area contributed by atoms with Gasteiger partial charge in [0.25, 0.3) is 5.91 Å². The van der Waals surface area contributed by atoms with Crippen molar-refractivity contribution in [2.45, 2.75) is 26.4 Å². The molecule has 0 saturated heterocycles. The molecule has 0 fully saturated rings. The molecule has 2 rings (SSSR count). The van der Waals surface area contributed by atoms with Gasteiger partial charge in [0.15, 0.2) is 6.61 Å². The Labute approximate surface area is 162 Å². The van der Waals surface area contributed by atoms with Crippen molar-refractivity contribution in [1.82, 2.24) is 10.2 Å². The van der Waals surface area contributed by atoms with Gasteiger partial charge in [-0.2, -0.15) is 11.3 Å². The van der Waals surface area contributed by atoms with Gasteiger partial charge in [-0.1, -0.05) is 12.1 Å². The first-order valence-electron chi connectivity index (χ1n) is 8.45. The van der Waals surface area contributed by atoms with E-state index in [1.807, 2.05) is 30.7 Å². The van der Waals surface area contributed by atoms with Crippen LogP contribution in [0.4, 0.5) is 10.5 Å². The third-order valence-electron chi connectivity index (χ3n) is 3.57. The summed E-state index contributed by atoms with van der Waals surface area (Å²) in [4.78, 5) is 37.9. The summed E-state index contributed by atoms with van der Waals surface area (Å²) in [6.07, 6.45) is 0. The highest BCUT2D eigenvalue weighted by molar-refractivity contribution is 7.07. The lowest BCUT2D eigenvalue weighted by Crippen LogP contribution is -2.34. The molecule has 0 radical (unpaired) electrons. The number of thiophene rings is 1. The number of nitrogens with zero attached hydrogens (tertiary/aromatic N) is 1. The third kappa shape index (κ3) is 6.41. The Morgan fingerprint density at radius 3 is 2.59 bits per heavy atom. The molecule has 0 aliphatic carbocycles. The van der Waals surface area contributed by atoms with Crippen LogP contribution in [0.5, 0.6) is 0 Å². The predicted octanol–water partition coefficient (Wildman–Crippen LogP) is 3.09. The Hall–Kier alpha value is -2.87. The zero-order chi connectivity index (χ0) is 19.8. The van der Waals surface area contributed by atoms with Gasteiger partial charge in [-0.05, 0) is 48.4 Å². The summed E-state index contributed by atoms with van der Waals surface area (Å²) in [5, 5.41) is 9.19. The van der Waals surface area contributed by atoms with E-state index in [-0.39, 0.29) is 24.1 Å². The molecule has 2 aromatic rings. The van der Waals surface area contributed by atoms with Crippen molar-refractivity contribution in [3.63, 3.8) is 0 Å². The van der Waals surface area contributed by atoms with Gasteiger partial charge in [0.2, 0.25) is 0 Å². The van der Waals surface area contributed by atoms with E-state index in [9.17, 15) is 14.4 Å². The number of esters is 1. The third-order valence-corrected chi connectivity index (χ3v) is 4.30. The van der Waals surface area contributed by atoms with E-state index in [0.29, 0.717) is 12.2 Å². The van der Waals surface area contributed by atoms with Gasteiger partial charge < -0.3 is 20.3 Å². The van der Waals surface area contributed by atoms with Crippen LogP contribution in [0.2, 0.25) is 0 Å². The van der Waals surface area contributed by atoms with Gasteiger partial charge in [-0.25, -0.2) is 9.59 Å². The van der Waals surface area contributed by atoms with Crippen LogP contribution in [0.15, 0.2) is 41.1 Å². The summed E-state index contributed by atoms with van der Waals surface area (Å²) in [7, 11) is 1.65. The van der Waals surface area contributed by atoms with Gasteiger partial charge in [0.05, 0.1) is 11.3 Å². The molecule has 0 unspecified atom stereocenters. The van der Waals surface area contributed by atoms with E-state index in [4.69, 9.17) is 4.74 Å². The lowest BCUT2D eigenvalue weighted by Gasteiger charge is -2.17. The predicted molar refractivity (Wildman–Crippen MR) is 105 cm³/mol. The molecule has 8 heteroatoms. The van der Waals surface area contributed by atoms with Crippen LogP contribution < -0.4 is 10.6 Å². The molecule has 1 aromatic heterocycles. The van der Waals surface area contributed by atoms with Gasteiger partial charge in [-0.3, -0.25) is 4.79 Å². The quantitative estimate of drug-likeness (QED) is 0.713. The normalized spacial score (nSPS) is 10.4. The molecule has 0 spiro atoms. The molecule has 1 aromatic carbocycles. The van der Waals surface area contributed by atoms with Gasteiger partial charge in [-0.15, -0.1) is 0 Å². The van der Waals surface area contributed by atoms with Crippen LogP contribution in [0, 0.1) is 0 Å². The molecule has 144 valence electrons. The van der Waals surface area contributed by atoms with Crippen LogP contribution in [0.25, 0.3) is 0 Å². The van der Waals surface area contributed by atoms with E-state index in [0.717, 1.165) is 5.56 Å². The van der Waals surface area contributed by atoms with Crippen LogP contribution in [0.1, 0.15) is 29.8 Å². The number of hydrogen-bond acceptors (Lipinski definition) is 5. The summed E-state index contributed by atoms with van der Waals surface area (Å²) < 4.78 is 5.13. The highest BCUT2D eigenvalue weighted by Crippen LogP contribution is 2.16. The summed E-state index contributed by atoms with van der Waals surface area (Å²) in [6.45, 7) is 3.75. The minimum absolute atomic E-state index is 0.0412. The molecular weight excluding hydrogens is 366 g/mol. The molecule has 27 heavy (non-hydrogen) atoms. The summed E-state index contributed by atoms with van der Waals surface area (Å²) in [6, 6.07) is 7.96. The lowest BCUT2D eigenvalue weighted by atomic mass is 10.2. The van der Waals surface area contributed by atoms with E-state index in [2.05, 4.69) is 10.6 Å². The topological polar surface area (TPSA) is 87.7 Å². The zero-order valence-corrected chi connectivity index (χ0v) is 16.3. The fourth-order valence-corrected chi connectivity index (χ4v) is 2.91. The monoisotopic (exact) mass is 389 g/mol. The number of para-hydroxylation sites is 1. The van der Waals surface area contributed by atoms with Gasteiger partial charge in [0.1, 0.15) is 0 Å². The molecule has 0 bridgehead atoms. The number of likely N-dealkylation sites (N-methyl/N-ethyl adjacent to an activating group) is 1. The van der Waals surface area contributed by atoms with Crippen molar-refractivity contribution in [3.8, 4) is 0 Å². The largest absolute Gasteiger partial charge is 0.452 e. The van der Waals surface area contributed by atoms with E-state index < -0.39 is 12.0 Å². The van der Waals surface area contributed by atoms with Crippen LogP contribution in [0.3, 0.4) is 0 Å². The van der Waals surface area contributed by atoms with Gasteiger partial charge in [0, 0.05) is 19.6 Å². The lowest BCUT2D eigenvalue weighted by molar-refractivity contribution is -0.133.